The quantitative estimate of drug-likeness (QED) is 0.833. The Morgan fingerprint density at radius 2 is 1.96 bits per heavy atom. The molecule has 0 unspecified atom stereocenters. The van der Waals surface area contributed by atoms with Crippen molar-refractivity contribution < 1.29 is 18.3 Å². The lowest BCUT2D eigenvalue weighted by Gasteiger charge is -2.26. The van der Waals surface area contributed by atoms with Gasteiger partial charge in [-0.25, -0.2) is 13.6 Å². The van der Waals surface area contributed by atoms with Gasteiger partial charge in [-0.15, -0.1) is 0 Å². The minimum Gasteiger partial charge on any atom is -0.379 e. The topological polar surface area (TPSA) is 53.6 Å². The first-order valence-corrected chi connectivity index (χ1v) is 7.83. The van der Waals surface area contributed by atoms with Crippen LogP contribution in [-0.2, 0) is 11.2 Å². The molecule has 2 rings (SSSR count). The summed E-state index contributed by atoms with van der Waals surface area (Å²) < 4.78 is 32.4. The molecule has 1 heterocycles. The molecule has 1 aliphatic rings. The number of ether oxygens (including phenoxy) is 1. The molecule has 7 heteroatoms. The van der Waals surface area contributed by atoms with Gasteiger partial charge in [0.2, 0.25) is 0 Å². The molecule has 1 aliphatic heterocycles. The van der Waals surface area contributed by atoms with Crippen LogP contribution in [0.25, 0.3) is 0 Å². The molecule has 2 amide bonds. The maximum absolute atomic E-state index is 13.6. The molecule has 1 atom stereocenters. The summed E-state index contributed by atoms with van der Waals surface area (Å²) >= 11 is 0. The first-order chi connectivity index (χ1) is 11.1. The van der Waals surface area contributed by atoms with Crippen molar-refractivity contribution in [3.63, 3.8) is 0 Å². The number of nitrogens with one attached hydrogen (secondary N) is 2. The van der Waals surface area contributed by atoms with E-state index in [2.05, 4.69) is 15.5 Å². The minimum absolute atomic E-state index is 0.00591. The molecular weight excluding hydrogens is 304 g/mol. The Morgan fingerprint density at radius 1 is 1.30 bits per heavy atom. The van der Waals surface area contributed by atoms with Crippen LogP contribution in [0, 0.1) is 11.6 Å². The smallest absolute Gasteiger partial charge is 0.315 e. The third kappa shape index (κ3) is 5.76. The van der Waals surface area contributed by atoms with Crippen molar-refractivity contribution in [2.45, 2.75) is 19.4 Å². The summed E-state index contributed by atoms with van der Waals surface area (Å²) in [6.45, 7) is 6.17. The predicted molar refractivity (Wildman–Crippen MR) is 83.3 cm³/mol. The van der Waals surface area contributed by atoms with Crippen molar-refractivity contribution in [2.24, 2.45) is 0 Å². The number of carbonyl (C=O) groups excluding carboxylic acids is 1. The van der Waals surface area contributed by atoms with Crippen LogP contribution < -0.4 is 10.6 Å². The van der Waals surface area contributed by atoms with Gasteiger partial charge in [0, 0.05) is 37.8 Å². The first kappa shape index (κ1) is 17.6. The molecule has 0 spiro atoms. The Morgan fingerprint density at radius 3 is 2.61 bits per heavy atom. The fourth-order valence-electron chi connectivity index (χ4n) is 2.51. The zero-order chi connectivity index (χ0) is 16.7. The standard InChI is InChI=1S/C16H23F2N3O2/c1-12(11-13-14(17)3-2-4-15(13)18)20-16(22)19-5-6-21-7-9-23-10-8-21/h2-4,12H,5-11H2,1H3,(H2,19,20,22)/t12-/m0/s1. The third-order valence-corrected chi connectivity index (χ3v) is 3.77. The Kier molecular flexibility index (Phi) is 6.73. The monoisotopic (exact) mass is 327 g/mol. The number of nitrogens with zero attached hydrogens (tertiary/aromatic N) is 1. The minimum atomic E-state index is -0.591. The molecule has 1 fully saturated rings. The molecule has 1 saturated heterocycles. The summed E-state index contributed by atoms with van der Waals surface area (Å²) in [6, 6.07) is 3.05. The van der Waals surface area contributed by atoms with Gasteiger partial charge >= 0.3 is 6.03 Å². The van der Waals surface area contributed by atoms with E-state index >= 15 is 0 Å². The second kappa shape index (κ2) is 8.79. The highest BCUT2D eigenvalue weighted by molar-refractivity contribution is 5.74. The van der Waals surface area contributed by atoms with Crippen molar-refractivity contribution in [1.82, 2.24) is 15.5 Å². The molecule has 1 aromatic rings. The summed E-state index contributed by atoms with van der Waals surface area (Å²) in [5.41, 5.74) is -0.00591. The number of amides is 2. The van der Waals surface area contributed by atoms with Crippen molar-refractivity contribution in [3.8, 4) is 0 Å². The van der Waals surface area contributed by atoms with Crippen molar-refractivity contribution in [3.05, 3.63) is 35.4 Å². The van der Waals surface area contributed by atoms with Crippen molar-refractivity contribution in [1.29, 1.82) is 0 Å². The fraction of sp³-hybridized carbons (Fsp3) is 0.562. The van der Waals surface area contributed by atoms with Gasteiger partial charge in [0.05, 0.1) is 13.2 Å². The number of hydrogen-bond acceptors (Lipinski definition) is 3. The zero-order valence-electron chi connectivity index (χ0n) is 13.3. The van der Waals surface area contributed by atoms with Crippen LogP contribution in [0.4, 0.5) is 13.6 Å². The lowest BCUT2D eigenvalue weighted by Crippen LogP contribution is -2.46. The third-order valence-electron chi connectivity index (χ3n) is 3.77. The highest BCUT2D eigenvalue weighted by atomic mass is 19.1. The molecule has 5 nitrogen and oxygen atoms in total. The van der Waals surface area contributed by atoms with Crippen LogP contribution in [0.3, 0.4) is 0 Å². The largest absolute Gasteiger partial charge is 0.379 e. The van der Waals surface area contributed by atoms with Crippen LogP contribution in [0.5, 0.6) is 0 Å². The Labute approximate surface area is 135 Å². The SMILES string of the molecule is C[C@@H](Cc1c(F)cccc1F)NC(=O)NCCN1CCOCC1. The number of rotatable bonds is 6. The molecular formula is C16H23F2N3O2. The molecule has 2 N–H and O–H groups in total. The Bertz CT molecular complexity index is 502. The number of benzene rings is 1. The maximum atomic E-state index is 13.6. The second-order valence-electron chi connectivity index (χ2n) is 5.66. The molecule has 128 valence electrons. The van der Waals surface area contributed by atoms with E-state index in [0.717, 1.165) is 32.8 Å². The number of urea groups is 1. The Hall–Kier alpha value is -1.73. The average molecular weight is 327 g/mol. The van der Waals surface area contributed by atoms with Gasteiger partial charge in [-0.2, -0.15) is 0 Å². The van der Waals surface area contributed by atoms with E-state index in [0.29, 0.717) is 6.54 Å². The maximum Gasteiger partial charge on any atom is 0.315 e. The second-order valence-corrected chi connectivity index (χ2v) is 5.66. The number of morpholine rings is 1. The number of halogens is 2. The first-order valence-electron chi connectivity index (χ1n) is 7.83. The van der Waals surface area contributed by atoms with Crippen LogP contribution >= 0.6 is 0 Å². The highest BCUT2D eigenvalue weighted by Crippen LogP contribution is 2.14. The lowest BCUT2D eigenvalue weighted by molar-refractivity contribution is 0.0387. The van der Waals surface area contributed by atoms with E-state index in [4.69, 9.17) is 4.74 Å². The zero-order valence-corrected chi connectivity index (χ0v) is 13.3. The number of carbonyl (C=O) groups is 1. The molecule has 0 aromatic heterocycles. The van der Waals surface area contributed by atoms with Crippen LogP contribution in [0.2, 0.25) is 0 Å². The molecule has 0 aliphatic carbocycles. The lowest BCUT2D eigenvalue weighted by atomic mass is 10.1. The van der Waals surface area contributed by atoms with Crippen molar-refractivity contribution >= 4 is 6.03 Å². The molecule has 0 bridgehead atoms. The average Bonchev–Trinajstić information content (AvgIpc) is 2.52. The van der Waals surface area contributed by atoms with E-state index < -0.39 is 11.6 Å². The van der Waals surface area contributed by atoms with Gasteiger partial charge in [0.15, 0.2) is 0 Å². The van der Waals surface area contributed by atoms with Crippen LogP contribution in [-0.4, -0.2) is 56.4 Å². The summed E-state index contributed by atoms with van der Waals surface area (Å²) in [5, 5.41) is 5.45. The van der Waals surface area contributed by atoms with Crippen LogP contribution in [0.15, 0.2) is 18.2 Å². The van der Waals surface area contributed by atoms with Gasteiger partial charge in [0.1, 0.15) is 11.6 Å². The predicted octanol–water partition coefficient (Wildman–Crippen LogP) is 1.53. The van der Waals surface area contributed by atoms with Gasteiger partial charge in [-0.1, -0.05) is 6.07 Å². The van der Waals surface area contributed by atoms with Crippen molar-refractivity contribution in [2.75, 3.05) is 39.4 Å². The summed E-state index contributed by atoms with van der Waals surface area (Å²) in [5.74, 6) is -1.18. The summed E-state index contributed by atoms with van der Waals surface area (Å²) in [6.07, 6.45) is 0.107. The number of hydrogen-bond donors (Lipinski definition) is 2. The highest BCUT2D eigenvalue weighted by Gasteiger charge is 2.15. The van der Waals surface area contributed by atoms with E-state index in [1.54, 1.807) is 6.92 Å². The normalized spacial score (nSPS) is 16.8. The molecule has 0 saturated carbocycles. The Balaban J connectivity index is 1.70. The molecule has 23 heavy (non-hydrogen) atoms. The van der Waals surface area contributed by atoms with Gasteiger partial charge in [0.25, 0.3) is 0 Å². The van der Waals surface area contributed by atoms with E-state index in [-0.39, 0.29) is 24.1 Å². The molecule has 0 radical (unpaired) electrons. The van der Waals surface area contributed by atoms with E-state index in [9.17, 15) is 13.6 Å². The fourth-order valence-corrected chi connectivity index (χ4v) is 2.51. The van der Waals surface area contributed by atoms with E-state index in [1.165, 1.54) is 18.2 Å². The molecule has 1 aromatic carbocycles. The van der Waals surface area contributed by atoms with Crippen LogP contribution in [0.1, 0.15) is 12.5 Å². The van der Waals surface area contributed by atoms with Gasteiger partial charge in [-0.05, 0) is 25.5 Å². The summed E-state index contributed by atoms with van der Waals surface area (Å²) in [7, 11) is 0. The van der Waals surface area contributed by atoms with Gasteiger partial charge in [-0.3, -0.25) is 4.90 Å². The summed E-state index contributed by atoms with van der Waals surface area (Å²) in [4.78, 5) is 14.0. The van der Waals surface area contributed by atoms with Gasteiger partial charge < -0.3 is 15.4 Å². The van der Waals surface area contributed by atoms with E-state index in [1.807, 2.05) is 0 Å².